The quantitative estimate of drug-likeness (QED) is 0.567. The minimum absolute atomic E-state index is 0.127. The van der Waals surface area contributed by atoms with E-state index in [1.54, 1.807) is 11.9 Å². The number of carbonyl (C=O) groups is 1. The van der Waals surface area contributed by atoms with Gasteiger partial charge in [-0.15, -0.1) is 0 Å². The summed E-state index contributed by atoms with van der Waals surface area (Å²) in [6.45, 7) is 0.620. The van der Waals surface area contributed by atoms with E-state index in [0.717, 1.165) is 12.6 Å². The van der Waals surface area contributed by atoms with E-state index in [0.29, 0.717) is 13.0 Å². The number of hydrogen-bond donors (Lipinski definition) is 2. The third-order valence-corrected chi connectivity index (χ3v) is 3.04. The van der Waals surface area contributed by atoms with E-state index in [-0.39, 0.29) is 29.4 Å². The zero-order valence-electron chi connectivity index (χ0n) is 10.4. The van der Waals surface area contributed by atoms with Gasteiger partial charge in [0.15, 0.2) is 0 Å². The van der Waals surface area contributed by atoms with Gasteiger partial charge in [0.25, 0.3) is 0 Å². The van der Waals surface area contributed by atoms with Crippen LogP contribution in [0, 0.1) is 10.1 Å². The molecule has 0 aliphatic carbocycles. The average molecular weight is 266 g/mol. The third kappa shape index (κ3) is 2.39. The first-order valence-electron chi connectivity index (χ1n) is 5.79. The van der Waals surface area contributed by atoms with Crippen LogP contribution in [0.2, 0.25) is 0 Å². The van der Waals surface area contributed by atoms with Crippen molar-refractivity contribution in [2.24, 2.45) is 0 Å². The van der Waals surface area contributed by atoms with Crippen LogP contribution < -0.4 is 16.0 Å². The predicted molar refractivity (Wildman–Crippen MR) is 67.5 cm³/mol. The summed E-state index contributed by atoms with van der Waals surface area (Å²) in [7, 11) is 1.56. The number of anilines is 2. The highest BCUT2D eigenvalue weighted by molar-refractivity contribution is 5.85. The summed E-state index contributed by atoms with van der Waals surface area (Å²) in [5.74, 6) is -0.0789. The molecule has 9 heteroatoms. The van der Waals surface area contributed by atoms with Gasteiger partial charge in [-0.05, 0) is 12.8 Å². The molecule has 1 aliphatic heterocycles. The van der Waals surface area contributed by atoms with Gasteiger partial charge in [-0.25, -0.2) is 4.98 Å². The molecule has 0 spiro atoms. The maximum absolute atomic E-state index is 11.7. The summed E-state index contributed by atoms with van der Waals surface area (Å²) < 4.78 is 0. The van der Waals surface area contributed by atoms with Crippen molar-refractivity contribution in [1.82, 2.24) is 15.3 Å². The van der Waals surface area contributed by atoms with Crippen molar-refractivity contribution in [3.8, 4) is 0 Å². The molecule has 1 aromatic rings. The molecule has 0 radical (unpaired) electrons. The summed E-state index contributed by atoms with van der Waals surface area (Å²) in [4.78, 5) is 31.3. The van der Waals surface area contributed by atoms with Crippen LogP contribution in [0.5, 0.6) is 0 Å². The number of nitro groups is 1. The number of hydrogen-bond acceptors (Lipinski definition) is 7. The Kier molecular flexibility index (Phi) is 3.45. The first-order valence-corrected chi connectivity index (χ1v) is 5.79. The highest BCUT2D eigenvalue weighted by Gasteiger charge is 2.32. The van der Waals surface area contributed by atoms with Crippen LogP contribution in [0.1, 0.15) is 12.8 Å². The lowest BCUT2D eigenvalue weighted by molar-refractivity contribution is -0.384. The largest absolute Gasteiger partial charge is 0.378 e. The number of nitrogens with two attached hydrogens (primary N) is 1. The molecule has 1 amide bonds. The van der Waals surface area contributed by atoms with Crippen molar-refractivity contribution in [2.75, 3.05) is 24.2 Å². The normalized spacial score (nSPS) is 18.4. The molecule has 0 bridgehead atoms. The zero-order chi connectivity index (χ0) is 14.0. The number of likely N-dealkylation sites (N-methyl/N-ethyl adjacent to an activating group) is 1. The van der Waals surface area contributed by atoms with Gasteiger partial charge in [0, 0.05) is 13.6 Å². The maximum atomic E-state index is 11.7. The Bertz CT molecular complexity index is 520. The molecule has 1 atom stereocenters. The first kappa shape index (κ1) is 13.0. The van der Waals surface area contributed by atoms with Crippen molar-refractivity contribution in [3.05, 3.63) is 16.3 Å². The second kappa shape index (κ2) is 5.04. The second-order valence-corrected chi connectivity index (χ2v) is 4.16. The number of rotatable bonds is 3. The number of nitrogen functional groups attached to an aromatic ring is 1. The van der Waals surface area contributed by atoms with E-state index in [1.807, 2.05) is 0 Å². The summed E-state index contributed by atoms with van der Waals surface area (Å²) in [6, 6.07) is -0.356. The Hall–Kier alpha value is -2.45. The lowest BCUT2D eigenvalue weighted by Gasteiger charge is -2.22. The van der Waals surface area contributed by atoms with Crippen molar-refractivity contribution >= 4 is 23.4 Å². The Morgan fingerprint density at radius 3 is 3.00 bits per heavy atom. The first-order chi connectivity index (χ1) is 9.04. The topological polar surface area (TPSA) is 127 Å². The third-order valence-electron chi connectivity index (χ3n) is 3.04. The molecule has 0 saturated carbocycles. The Morgan fingerprint density at radius 1 is 1.68 bits per heavy atom. The van der Waals surface area contributed by atoms with E-state index >= 15 is 0 Å². The lowest BCUT2D eigenvalue weighted by atomic mass is 10.2. The van der Waals surface area contributed by atoms with Crippen LogP contribution in [0.25, 0.3) is 0 Å². The number of nitrogens with one attached hydrogen (secondary N) is 1. The van der Waals surface area contributed by atoms with Crippen LogP contribution >= 0.6 is 0 Å². The Labute approximate surface area is 109 Å². The van der Waals surface area contributed by atoms with E-state index in [2.05, 4.69) is 15.3 Å². The Morgan fingerprint density at radius 2 is 2.42 bits per heavy atom. The molecule has 9 nitrogen and oxygen atoms in total. The molecule has 1 saturated heterocycles. The van der Waals surface area contributed by atoms with Gasteiger partial charge in [0.2, 0.25) is 17.7 Å². The van der Waals surface area contributed by atoms with Crippen molar-refractivity contribution < 1.29 is 9.72 Å². The van der Waals surface area contributed by atoms with Crippen LogP contribution in [0.3, 0.4) is 0 Å². The van der Waals surface area contributed by atoms with Crippen LogP contribution in [0.15, 0.2) is 6.20 Å². The molecule has 0 unspecified atom stereocenters. The molecule has 102 valence electrons. The van der Waals surface area contributed by atoms with Gasteiger partial charge in [-0.3, -0.25) is 14.9 Å². The van der Waals surface area contributed by atoms with Gasteiger partial charge in [0.1, 0.15) is 12.2 Å². The summed E-state index contributed by atoms with van der Waals surface area (Å²) in [5, 5.41) is 13.2. The fourth-order valence-electron chi connectivity index (χ4n) is 2.10. The van der Waals surface area contributed by atoms with E-state index in [9.17, 15) is 14.9 Å². The van der Waals surface area contributed by atoms with Crippen molar-refractivity contribution in [1.29, 1.82) is 0 Å². The predicted octanol–water partition coefficient (Wildman–Crippen LogP) is -0.318. The van der Waals surface area contributed by atoms with Crippen LogP contribution in [0.4, 0.5) is 17.5 Å². The molecule has 2 heterocycles. The molecule has 2 rings (SSSR count). The fourth-order valence-corrected chi connectivity index (χ4v) is 2.10. The van der Waals surface area contributed by atoms with E-state index in [1.165, 1.54) is 0 Å². The average Bonchev–Trinajstić information content (AvgIpc) is 2.86. The SMILES string of the molecule is CNC(=O)[C@@H]1CCCN1c1ncc([N+](=O)[O-])c(N)n1. The monoisotopic (exact) mass is 266 g/mol. The highest BCUT2D eigenvalue weighted by atomic mass is 16.6. The molecular weight excluding hydrogens is 252 g/mol. The van der Waals surface area contributed by atoms with Crippen LogP contribution in [-0.2, 0) is 4.79 Å². The fraction of sp³-hybridized carbons (Fsp3) is 0.500. The number of amides is 1. The van der Waals surface area contributed by atoms with E-state index < -0.39 is 4.92 Å². The van der Waals surface area contributed by atoms with Crippen molar-refractivity contribution in [2.45, 2.75) is 18.9 Å². The van der Waals surface area contributed by atoms with E-state index in [4.69, 9.17) is 5.73 Å². The smallest absolute Gasteiger partial charge is 0.329 e. The number of nitrogens with zero attached hydrogens (tertiary/aromatic N) is 4. The molecule has 19 heavy (non-hydrogen) atoms. The minimum atomic E-state index is -0.640. The van der Waals surface area contributed by atoms with Gasteiger partial charge >= 0.3 is 5.69 Å². The second-order valence-electron chi connectivity index (χ2n) is 4.16. The summed E-state index contributed by atoms with van der Waals surface area (Å²) in [5.41, 5.74) is 5.19. The van der Waals surface area contributed by atoms with Gasteiger partial charge < -0.3 is 16.0 Å². The Balaban J connectivity index is 2.29. The maximum Gasteiger partial charge on any atom is 0.329 e. The lowest BCUT2D eigenvalue weighted by Crippen LogP contribution is -2.42. The molecule has 1 aromatic heterocycles. The minimum Gasteiger partial charge on any atom is -0.378 e. The number of carbonyl (C=O) groups excluding carboxylic acids is 1. The summed E-state index contributed by atoms with van der Waals surface area (Å²) >= 11 is 0. The van der Waals surface area contributed by atoms with Gasteiger partial charge in [-0.2, -0.15) is 4.98 Å². The molecular formula is C10H14N6O3. The van der Waals surface area contributed by atoms with Crippen molar-refractivity contribution in [3.63, 3.8) is 0 Å². The van der Waals surface area contributed by atoms with Crippen LogP contribution in [-0.4, -0.2) is 40.4 Å². The standard InChI is InChI=1S/C10H14N6O3/c1-12-9(17)6-3-2-4-15(6)10-13-5-7(16(18)19)8(11)14-10/h5-6H,2-4H2,1H3,(H,12,17)(H2,11,13,14)/t6-/m0/s1. The number of aromatic nitrogens is 2. The molecule has 0 aromatic carbocycles. The zero-order valence-corrected chi connectivity index (χ0v) is 10.4. The van der Waals surface area contributed by atoms with Gasteiger partial charge in [-0.1, -0.05) is 0 Å². The highest BCUT2D eigenvalue weighted by Crippen LogP contribution is 2.26. The van der Waals surface area contributed by atoms with Gasteiger partial charge in [0.05, 0.1) is 4.92 Å². The molecule has 1 aliphatic rings. The summed E-state index contributed by atoms with van der Waals surface area (Å²) in [6.07, 6.45) is 2.59. The molecule has 1 fully saturated rings. The molecule has 3 N–H and O–H groups in total.